The molecule has 0 aliphatic heterocycles. The minimum Gasteiger partial charge on any atom is -0.294 e. The van der Waals surface area contributed by atoms with E-state index in [-0.39, 0.29) is 5.41 Å². The number of carbonyl (C=O) groups excluding carboxylic acids is 1. The average molecular weight is 252 g/mol. The highest BCUT2D eigenvalue weighted by Gasteiger charge is 2.53. The molecule has 2 bridgehead atoms. The van der Waals surface area contributed by atoms with Gasteiger partial charge in [0.15, 0.2) is 5.78 Å². The van der Waals surface area contributed by atoms with Crippen molar-refractivity contribution < 1.29 is 4.79 Å². The van der Waals surface area contributed by atoms with E-state index in [1.54, 1.807) is 5.57 Å². The van der Waals surface area contributed by atoms with Gasteiger partial charge in [-0.1, -0.05) is 36.8 Å². The van der Waals surface area contributed by atoms with Crippen molar-refractivity contribution in [2.45, 2.75) is 45.4 Å². The number of allylic oxidation sites excluding steroid dienone is 2. The molecule has 1 spiro atoms. The topological polar surface area (TPSA) is 17.1 Å². The molecule has 1 fully saturated rings. The summed E-state index contributed by atoms with van der Waals surface area (Å²) in [5.74, 6) is 1.05. The molecule has 0 saturated heterocycles. The summed E-state index contributed by atoms with van der Waals surface area (Å²) in [7, 11) is 0. The lowest BCUT2D eigenvalue weighted by molar-refractivity contribution is 0.0671. The molecule has 3 aliphatic rings. The Labute approximate surface area is 114 Å². The quantitative estimate of drug-likeness (QED) is 0.688. The van der Waals surface area contributed by atoms with Crippen LogP contribution in [-0.4, -0.2) is 5.78 Å². The summed E-state index contributed by atoms with van der Waals surface area (Å²) >= 11 is 0. The van der Waals surface area contributed by atoms with Crippen LogP contribution in [0.4, 0.5) is 0 Å². The molecular formula is C18H20O. The number of benzene rings is 1. The Bertz CT molecular complexity index is 596. The molecule has 98 valence electrons. The van der Waals surface area contributed by atoms with Gasteiger partial charge in [0, 0.05) is 11.0 Å². The zero-order chi connectivity index (χ0) is 13.0. The predicted octanol–water partition coefficient (Wildman–Crippen LogP) is 4.10. The van der Waals surface area contributed by atoms with Crippen LogP contribution in [0.2, 0.25) is 0 Å². The van der Waals surface area contributed by atoms with Crippen molar-refractivity contribution in [2.24, 2.45) is 11.3 Å². The predicted molar refractivity (Wildman–Crippen MR) is 76.3 cm³/mol. The summed E-state index contributed by atoms with van der Waals surface area (Å²) in [6.45, 7) is 2.18. The molecule has 1 aromatic carbocycles. The van der Waals surface area contributed by atoms with Crippen LogP contribution in [0.15, 0.2) is 29.8 Å². The van der Waals surface area contributed by atoms with Gasteiger partial charge in [-0.2, -0.15) is 0 Å². The first-order valence-electron chi connectivity index (χ1n) is 7.57. The molecule has 19 heavy (non-hydrogen) atoms. The van der Waals surface area contributed by atoms with E-state index < -0.39 is 0 Å². The Hall–Kier alpha value is -1.37. The van der Waals surface area contributed by atoms with Crippen molar-refractivity contribution in [3.63, 3.8) is 0 Å². The first-order chi connectivity index (χ1) is 9.23. The number of Topliss-reactive ketones (excluding diaryl/α,β-unsaturated/α-hetero) is 1. The number of carbonyl (C=O) groups is 1. The molecular weight excluding hydrogens is 232 g/mol. The van der Waals surface area contributed by atoms with E-state index in [2.05, 4.69) is 31.2 Å². The highest BCUT2D eigenvalue weighted by molar-refractivity contribution is 6.03. The molecule has 2 unspecified atom stereocenters. The minimum absolute atomic E-state index is 0.0230. The van der Waals surface area contributed by atoms with Crippen molar-refractivity contribution in [1.82, 2.24) is 0 Å². The van der Waals surface area contributed by atoms with Gasteiger partial charge in [-0.05, 0) is 55.6 Å². The van der Waals surface area contributed by atoms with E-state index in [0.717, 1.165) is 37.7 Å². The molecule has 1 aromatic rings. The molecule has 4 rings (SSSR count). The minimum atomic E-state index is -0.0230. The third-order valence-electron chi connectivity index (χ3n) is 5.64. The smallest absolute Gasteiger partial charge is 0.169 e. The SMILES string of the molecule is CCc1ccc2c(c1)CCC1(CC3=CCC1C3)C2=O. The van der Waals surface area contributed by atoms with E-state index in [1.807, 2.05) is 0 Å². The van der Waals surface area contributed by atoms with Gasteiger partial charge >= 0.3 is 0 Å². The Balaban J connectivity index is 1.77. The van der Waals surface area contributed by atoms with Gasteiger partial charge in [0.1, 0.15) is 0 Å². The van der Waals surface area contributed by atoms with Crippen LogP contribution in [0.1, 0.15) is 54.1 Å². The van der Waals surface area contributed by atoms with Crippen LogP contribution < -0.4 is 0 Å². The average Bonchev–Trinajstić information content (AvgIpc) is 3.04. The first-order valence-corrected chi connectivity index (χ1v) is 7.57. The largest absolute Gasteiger partial charge is 0.294 e. The first kappa shape index (κ1) is 11.5. The van der Waals surface area contributed by atoms with Gasteiger partial charge in [-0.25, -0.2) is 0 Å². The summed E-state index contributed by atoms with van der Waals surface area (Å²) in [5, 5.41) is 0. The molecule has 0 N–H and O–H groups in total. The standard InChI is InChI=1S/C18H20O/c1-2-12-4-6-16-14(9-12)7-8-18(17(16)19)11-13-3-5-15(18)10-13/h3-4,6,9,15H,2,5,7-8,10-11H2,1H3. The van der Waals surface area contributed by atoms with Crippen LogP contribution in [0.3, 0.4) is 0 Å². The van der Waals surface area contributed by atoms with E-state index in [0.29, 0.717) is 11.7 Å². The highest BCUT2D eigenvalue weighted by atomic mass is 16.1. The van der Waals surface area contributed by atoms with Crippen molar-refractivity contribution in [3.8, 4) is 0 Å². The summed E-state index contributed by atoms with van der Waals surface area (Å²) in [6, 6.07) is 6.49. The number of rotatable bonds is 1. The molecule has 1 heteroatoms. The maximum Gasteiger partial charge on any atom is 0.169 e. The van der Waals surface area contributed by atoms with Crippen molar-refractivity contribution in [1.29, 1.82) is 0 Å². The lowest BCUT2D eigenvalue weighted by Crippen LogP contribution is -2.39. The van der Waals surface area contributed by atoms with E-state index in [1.165, 1.54) is 17.5 Å². The number of aryl methyl sites for hydroxylation is 2. The molecule has 0 radical (unpaired) electrons. The van der Waals surface area contributed by atoms with Gasteiger partial charge in [0.25, 0.3) is 0 Å². The number of hydrogen-bond donors (Lipinski definition) is 0. The van der Waals surface area contributed by atoms with E-state index in [9.17, 15) is 4.79 Å². The normalized spacial score (nSPS) is 31.7. The van der Waals surface area contributed by atoms with E-state index >= 15 is 0 Å². The zero-order valence-corrected chi connectivity index (χ0v) is 11.5. The fraction of sp³-hybridized carbons (Fsp3) is 0.500. The Morgan fingerprint density at radius 3 is 2.95 bits per heavy atom. The summed E-state index contributed by atoms with van der Waals surface area (Å²) in [5.41, 5.74) is 5.21. The van der Waals surface area contributed by atoms with Crippen molar-refractivity contribution in [3.05, 3.63) is 46.5 Å². The monoisotopic (exact) mass is 252 g/mol. The van der Waals surface area contributed by atoms with Gasteiger partial charge in [-0.15, -0.1) is 0 Å². The Morgan fingerprint density at radius 1 is 1.37 bits per heavy atom. The number of hydrogen-bond acceptors (Lipinski definition) is 1. The maximum atomic E-state index is 13.0. The Morgan fingerprint density at radius 2 is 2.26 bits per heavy atom. The maximum absolute atomic E-state index is 13.0. The molecule has 0 amide bonds. The fourth-order valence-corrected chi connectivity index (χ4v) is 4.50. The molecule has 2 atom stereocenters. The third kappa shape index (κ3) is 1.45. The second kappa shape index (κ2) is 3.82. The van der Waals surface area contributed by atoms with E-state index in [4.69, 9.17) is 0 Å². The van der Waals surface area contributed by atoms with Crippen molar-refractivity contribution >= 4 is 5.78 Å². The van der Waals surface area contributed by atoms with Gasteiger partial charge in [-0.3, -0.25) is 4.79 Å². The molecule has 0 aromatic heterocycles. The van der Waals surface area contributed by atoms with Crippen molar-refractivity contribution in [2.75, 3.05) is 0 Å². The molecule has 3 aliphatic carbocycles. The second-order valence-electron chi connectivity index (χ2n) is 6.51. The molecule has 0 heterocycles. The Kier molecular flexibility index (Phi) is 2.30. The number of fused-ring (bicyclic) bond motifs is 4. The fourth-order valence-electron chi connectivity index (χ4n) is 4.50. The van der Waals surface area contributed by atoms with Gasteiger partial charge in [0.2, 0.25) is 0 Å². The second-order valence-corrected chi connectivity index (χ2v) is 6.51. The summed E-state index contributed by atoms with van der Waals surface area (Å²) in [4.78, 5) is 13.0. The lowest BCUT2D eigenvalue weighted by atomic mass is 9.63. The molecule has 1 saturated carbocycles. The zero-order valence-electron chi connectivity index (χ0n) is 11.5. The lowest BCUT2D eigenvalue weighted by Gasteiger charge is -2.38. The van der Waals surface area contributed by atoms with Crippen LogP contribution in [-0.2, 0) is 12.8 Å². The number of ketones is 1. The highest BCUT2D eigenvalue weighted by Crippen LogP contribution is 2.58. The van der Waals surface area contributed by atoms with Crippen LogP contribution in [0.5, 0.6) is 0 Å². The van der Waals surface area contributed by atoms with Crippen LogP contribution in [0, 0.1) is 11.3 Å². The van der Waals surface area contributed by atoms with Crippen LogP contribution in [0.25, 0.3) is 0 Å². The van der Waals surface area contributed by atoms with Gasteiger partial charge in [0.05, 0.1) is 0 Å². The molecule has 1 nitrogen and oxygen atoms in total. The third-order valence-corrected chi connectivity index (χ3v) is 5.64. The summed E-state index contributed by atoms with van der Waals surface area (Å²) < 4.78 is 0. The van der Waals surface area contributed by atoms with Crippen LogP contribution >= 0.6 is 0 Å². The summed E-state index contributed by atoms with van der Waals surface area (Å²) in [6.07, 6.45) is 8.98. The van der Waals surface area contributed by atoms with Gasteiger partial charge < -0.3 is 0 Å².